The molecule has 1 saturated heterocycles. The summed E-state index contributed by atoms with van der Waals surface area (Å²) in [7, 11) is 0. The topological polar surface area (TPSA) is 105 Å². The minimum atomic E-state index is -1.16. The number of amides is 4. The lowest BCUT2D eigenvalue weighted by molar-refractivity contribution is -0.155. The Hall–Kier alpha value is -2.32. The quantitative estimate of drug-likeness (QED) is 0.522. The molecule has 1 saturated carbocycles. The Morgan fingerprint density at radius 3 is 2.73 bits per heavy atom. The Kier molecular flexibility index (Phi) is 6.57. The van der Waals surface area contributed by atoms with E-state index < -0.39 is 42.0 Å². The standard InChI is InChI=1S/C20H23Cl2N3O5/c1-11-5-3-4-8-20(11)18(28)25(19(29)24-20)10-16(26)30-12(2)17(27)23-15-7-6-13(21)9-14(15)22/h6-7,9,11-12H,3-5,8,10H2,1-2H3,(H,23,27)(H,24,29)/t11-,12+,20-/m1/s1. The first-order valence-electron chi connectivity index (χ1n) is 9.73. The highest BCUT2D eigenvalue weighted by Gasteiger charge is 2.55. The van der Waals surface area contributed by atoms with Crippen molar-refractivity contribution in [2.75, 3.05) is 11.9 Å². The van der Waals surface area contributed by atoms with Crippen molar-refractivity contribution in [1.82, 2.24) is 10.2 Å². The minimum absolute atomic E-state index is 0.0162. The largest absolute Gasteiger partial charge is 0.451 e. The van der Waals surface area contributed by atoms with E-state index in [0.717, 1.165) is 24.2 Å². The van der Waals surface area contributed by atoms with Crippen LogP contribution in [0.5, 0.6) is 0 Å². The van der Waals surface area contributed by atoms with Crippen LogP contribution < -0.4 is 10.6 Å². The molecule has 1 aliphatic carbocycles. The third-order valence-electron chi connectivity index (χ3n) is 5.66. The Morgan fingerprint density at radius 1 is 1.33 bits per heavy atom. The fourth-order valence-electron chi connectivity index (χ4n) is 3.88. The molecule has 1 heterocycles. The maximum absolute atomic E-state index is 12.9. The predicted octanol–water partition coefficient (Wildman–Crippen LogP) is 3.36. The molecule has 8 nitrogen and oxygen atoms in total. The number of rotatable bonds is 5. The van der Waals surface area contributed by atoms with Gasteiger partial charge in [0.25, 0.3) is 11.8 Å². The fourth-order valence-corrected chi connectivity index (χ4v) is 4.34. The summed E-state index contributed by atoms with van der Waals surface area (Å²) in [6.45, 7) is 2.75. The van der Waals surface area contributed by atoms with Gasteiger partial charge in [0.1, 0.15) is 12.1 Å². The first kappa shape index (κ1) is 22.4. The van der Waals surface area contributed by atoms with Gasteiger partial charge in [-0.3, -0.25) is 19.3 Å². The third-order valence-corrected chi connectivity index (χ3v) is 6.20. The van der Waals surface area contributed by atoms with Crippen molar-refractivity contribution < 1.29 is 23.9 Å². The molecule has 1 aliphatic heterocycles. The molecule has 0 radical (unpaired) electrons. The molecule has 30 heavy (non-hydrogen) atoms. The van der Waals surface area contributed by atoms with Crippen molar-refractivity contribution in [3.63, 3.8) is 0 Å². The van der Waals surface area contributed by atoms with Crippen molar-refractivity contribution in [2.45, 2.75) is 51.2 Å². The zero-order valence-electron chi connectivity index (χ0n) is 16.7. The number of hydrogen-bond donors (Lipinski definition) is 2. The van der Waals surface area contributed by atoms with Crippen molar-refractivity contribution in [3.8, 4) is 0 Å². The summed E-state index contributed by atoms with van der Waals surface area (Å²) in [5, 5.41) is 5.96. The smallest absolute Gasteiger partial charge is 0.327 e. The van der Waals surface area contributed by atoms with Gasteiger partial charge in [0.2, 0.25) is 0 Å². The SMILES string of the molecule is C[C@H](OC(=O)CN1C(=O)N[C@@]2(CCCC[C@H]2C)C1=O)C(=O)Nc1ccc(Cl)cc1Cl. The van der Waals surface area contributed by atoms with Gasteiger partial charge in [-0.25, -0.2) is 4.79 Å². The molecule has 0 bridgehead atoms. The number of urea groups is 1. The molecule has 10 heteroatoms. The molecule has 2 fully saturated rings. The average Bonchev–Trinajstić information content (AvgIpc) is 2.91. The lowest BCUT2D eigenvalue weighted by atomic mass is 9.73. The Balaban J connectivity index is 1.58. The molecule has 1 aromatic carbocycles. The number of esters is 1. The van der Waals surface area contributed by atoms with Crippen LogP contribution in [0.3, 0.4) is 0 Å². The normalized spacial score (nSPS) is 24.5. The monoisotopic (exact) mass is 455 g/mol. The molecule has 3 atom stereocenters. The molecular formula is C20H23Cl2N3O5. The second kappa shape index (κ2) is 8.81. The van der Waals surface area contributed by atoms with Crippen LogP contribution >= 0.6 is 23.2 Å². The predicted molar refractivity (Wildman–Crippen MR) is 111 cm³/mol. The summed E-state index contributed by atoms with van der Waals surface area (Å²) in [4.78, 5) is 50.7. The van der Waals surface area contributed by atoms with E-state index in [1.807, 2.05) is 6.92 Å². The van der Waals surface area contributed by atoms with Gasteiger partial charge in [0.05, 0.1) is 10.7 Å². The van der Waals surface area contributed by atoms with Crippen molar-refractivity contribution in [1.29, 1.82) is 0 Å². The van der Waals surface area contributed by atoms with E-state index >= 15 is 0 Å². The van der Waals surface area contributed by atoms with Gasteiger partial charge >= 0.3 is 12.0 Å². The van der Waals surface area contributed by atoms with Crippen LogP contribution in [0.2, 0.25) is 10.0 Å². The number of ether oxygens (including phenoxy) is 1. The summed E-state index contributed by atoms with van der Waals surface area (Å²) in [5.41, 5.74) is -0.638. The molecule has 162 valence electrons. The van der Waals surface area contributed by atoms with E-state index in [2.05, 4.69) is 10.6 Å². The summed E-state index contributed by atoms with van der Waals surface area (Å²) in [6, 6.07) is 3.93. The number of hydrogen-bond acceptors (Lipinski definition) is 5. The summed E-state index contributed by atoms with van der Waals surface area (Å²) < 4.78 is 5.12. The van der Waals surface area contributed by atoms with E-state index in [-0.39, 0.29) is 10.9 Å². The number of nitrogens with zero attached hydrogens (tertiary/aromatic N) is 1. The zero-order chi connectivity index (χ0) is 22.1. The fraction of sp³-hybridized carbons (Fsp3) is 0.500. The Labute approximate surface area is 184 Å². The summed E-state index contributed by atoms with van der Waals surface area (Å²) in [6.07, 6.45) is 2.05. The Bertz CT molecular complexity index is 893. The molecule has 2 N–H and O–H groups in total. The second-order valence-corrected chi connectivity index (χ2v) is 8.53. The molecule has 3 rings (SSSR count). The van der Waals surface area contributed by atoms with Gasteiger partial charge in [-0.1, -0.05) is 43.0 Å². The average molecular weight is 456 g/mol. The van der Waals surface area contributed by atoms with Crippen LogP contribution in [0.1, 0.15) is 39.5 Å². The van der Waals surface area contributed by atoms with Crippen molar-refractivity contribution >= 4 is 52.7 Å². The molecule has 1 aromatic rings. The minimum Gasteiger partial charge on any atom is -0.451 e. The summed E-state index contributed by atoms with van der Waals surface area (Å²) in [5.74, 6) is -1.90. The number of carbonyl (C=O) groups is 4. The maximum atomic E-state index is 12.9. The molecule has 0 aromatic heterocycles. The van der Waals surface area contributed by atoms with Crippen LogP contribution in [0.25, 0.3) is 0 Å². The Morgan fingerprint density at radius 2 is 2.07 bits per heavy atom. The number of halogens is 2. The highest BCUT2D eigenvalue weighted by Crippen LogP contribution is 2.38. The van der Waals surface area contributed by atoms with Gasteiger partial charge in [-0.15, -0.1) is 0 Å². The van der Waals surface area contributed by atoms with Crippen LogP contribution in [-0.4, -0.2) is 46.9 Å². The van der Waals surface area contributed by atoms with Crippen molar-refractivity contribution in [2.24, 2.45) is 5.92 Å². The van der Waals surface area contributed by atoms with Crippen molar-refractivity contribution in [3.05, 3.63) is 28.2 Å². The number of carbonyl (C=O) groups excluding carboxylic acids is 4. The van der Waals surface area contributed by atoms with Gasteiger partial charge in [-0.05, 0) is 43.9 Å². The van der Waals surface area contributed by atoms with E-state index in [9.17, 15) is 19.2 Å². The van der Waals surface area contributed by atoms with E-state index in [4.69, 9.17) is 27.9 Å². The van der Waals surface area contributed by atoms with Crippen LogP contribution in [0, 0.1) is 5.92 Å². The second-order valence-electron chi connectivity index (χ2n) is 7.69. The van der Waals surface area contributed by atoms with E-state index in [1.165, 1.54) is 19.1 Å². The zero-order valence-corrected chi connectivity index (χ0v) is 18.2. The summed E-state index contributed by atoms with van der Waals surface area (Å²) >= 11 is 11.8. The molecule has 1 spiro atoms. The lowest BCUT2D eigenvalue weighted by Gasteiger charge is -2.36. The number of nitrogens with one attached hydrogen (secondary N) is 2. The van der Waals surface area contributed by atoms with Gasteiger partial charge < -0.3 is 15.4 Å². The molecular weight excluding hydrogens is 433 g/mol. The number of imide groups is 1. The van der Waals surface area contributed by atoms with E-state index in [1.54, 1.807) is 6.07 Å². The van der Waals surface area contributed by atoms with Crippen LogP contribution in [0.15, 0.2) is 18.2 Å². The highest BCUT2D eigenvalue weighted by atomic mass is 35.5. The van der Waals surface area contributed by atoms with Gasteiger partial charge in [-0.2, -0.15) is 0 Å². The molecule has 4 amide bonds. The number of anilines is 1. The molecule has 0 unspecified atom stereocenters. The molecule has 2 aliphatic rings. The number of benzene rings is 1. The third kappa shape index (κ3) is 4.39. The lowest BCUT2D eigenvalue weighted by Crippen LogP contribution is -2.54. The van der Waals surface area contributed by atoms with Gasteiger partial charge in [0.15, 0.2) is 6.10 Å². The van der Waals surface area contributed by atoms with Gasteiger partial charge in [0, 0.05) is 5.02 Å². The first-order chi connectivity index (χ1) is 14.1. The van der Waals surface area contributed by atoms with E-state index in [0.29, 0.717) is 17.1 Å². The van der Waals surface area contributed by atoms with Crippen LogP contribution in [-0.2, 0) is 19.1 Å². The maximum Gasteiger partial charge on any atom is 0.327 e. The highest BCUT2D eigenvalue weighted by molar-refractivity contribution is 6.36. The first-order valence-corrected chi connectivity index (χ1v) is 10.5. The van der Waals surface area contributed by atoms with Crippen LogP contribution in [0.4, 0.5) is 10.5 Å².